The lowest BCUT2D eigenvalue weighted by Gasteiger charge is -2.02. The predicted octanol–water partition coefficient (Wildman–Crippen LogP) is 3.06. The van der Waals surface area contributed by atoms with Crippen LogP contribution in [0.3, 0.4) is 0 Å². The lowest BCUT2D eigenvalue weighted by atomic mass is 10.2. The van der Waals surface area contributed by atoms with Crippen LogP contribution in [0, 0.1) is 11.3 Å². The van der Waals surface area contributed by atoms with Gasteiger partial charge in [-0.25, -0.2) is 0 Å². The number of rotatable bonds is 4. The number of nitrogens with zero attached hydrogens (tertiary/aromatic N) is 1. The van der Waals surface area contributed by atoms with E-state index in [1.807, 2.05) is 12.1 Å². The average molecular weight is 272 g/mol. The Hall–Kier alpha value is -0.500. The van der Waals surface area contributed by atoms with Crippen LogP contribution < -0.4 is 0 Å². The Morgan fingerprint density at radius 3 is 2.93 bits per heavy atom. The van der Waals surface area contributed by atoms with Gasteiger partial charge in [-0.2, -0.15) is 5.26 Å². The SMILES string of the molecule is COCCSc1cc(Br)cc(C#N)c1. The summed E-state index contributed by atoms with van der Waals surface area (Å²) in [7, 11) is 1.68. The highest BCUT2D eigenvalue weighted by Crippen LogP contribution is 2.23. The molecule has 0 aliphatic rings. The summed E-state index contributed by atoms with van der Waals surface area (Å²) in [6.45, 7) is 0.721. The van der Waals surface area contributed by atoms with E-state index < -0.39 is 0 Å². The number of hydrogen-bond acceptors (Lipinski definition) is 3. The molecule has 0 aliphatic heterocycles. The fourth-order valence-electron chi connectivity index (χ4n) is 0.953. The number of methoxy groups -OCH3 is 1. The van der Waals surface area contributed by atoms with Crippen LogP contribution in [0.15, 0.2) is 27.6 Å². The molecule has 74 valence electrons. The molecule has 0 amide bonds. The van der Waals surface area contributed by atoms with Crippen molar-refractivity contribution in [3.05, 3.63) is 28.2 Å². The Morgan fingerprint density at radius 2 is 2.29 bits per heavy atom. The van der Waals surface area contributed by atoms with E-state index in [0.29, 0.717) is 5.56 Å². The third-order valence-electron chi connectivity index (χ3n) is 1.56. The molecule has 0 aliphatic carbocycles. The molecule has 0 unspecified atom stereocenters. The van der Waals surface area contributed by atoms with E-state index >= 15 is 0 Å². The number of hydrogen-bond donors (Lipinski definition) is 0. The lowest BCUT2D eigenvalue weighted by molar-refractivity contribution is 0.218. The molecule has 0 fully saturated rings. The molecule has 1 aromatic carbocycles. The Kier molecular flexibility index (Phi) is 5.02. The molecular formula is C10H10BrNOS. The zero-order chi connectivity index (χ0) is 10.4. The van der Waals surface area contributed by atoms with Crippen molar-refractivity contribution >= 4 is 27.7 Å². The first-order chi connectivity index (χ1) is 6.76. The topological polar surface area (TPSA) is 33.0 Å². The minimum absolute atomic E-state index is 0.680. The number of nitriles is 1. The largest absolute Gasteiger partial charge is 0.384 e. The van der Waals surface area contributed by atoms with Crippen LogP contribution in [0.25, 0.3) is 0 Å². The van der Waals surface area contributed by atoms with E-state index in [4.69, 9.17) is 10.00 Å². The standard InChI is InChI=1S/C10H10BrNOS/c1-13-2-3-14-10-5-8(7-12)4-9(11)6-10/h4-6H,2-3H2,1H3. The summed E-state index contributed by atoms with van der Waals surface area (Å²) in [5.74, 6) is 0.901. The molecule has 0 atom stereocenters. The minimum atomic E-state index is 0.680. The molecule has 0 N–H and O–H groups in total. The lowest BCUT2D eigenvalue weighted by Crippen LogP contribution is -1.91. The fraction of sp³-hybridized carbons (Fsp3) is 0.300. The first-order valence-electron chi connectivity index (χ1n) is 4.08. The van der Waals surface area contributed by atoms with Crippen LogP contribution in [0.5, 0.6) is 0 Å². The van der Waals surface area contributed by atoms with Crippen molar-refractivity contribution in [2.45, 2.75) is 4.90 Å². The summed E-state index contributed by atoms with van der Waals surface area (Å²) >= 11 is 5.05. The first-order valence-corrected chi connectivity index (χ1v) is 5.86. The summed E-state index contributed by atoms with van der Waals surface area (Å²) in [5, 5.41) is 8.75. The molecular weight excluding hydrogens is 262 g/mol. The van der Waals surface area contributed by atoms with Gasteiger partial charge >= 0.3 is 0 Å². The minimum Gasteiger partial charge on any atom is -0.384 e. The van der Waals surface area contributed by atoms with Gasteiger partial charge in [-0.05, 0) is 18.2 Å². The summed E-state index contributed by atoms with van der Waals surface area (Å²) in [4.78, 5) is 1.09. The van der Waals surface area contributed by atoms with E-state index in [-0.39, 0.29) is 0 Å². The second kappa shape index (κ2) is 6.07. The maximum atomic E-state index is 8.75. The Morgan fingerprint density at radius 1 is 1.50 bits per heavy atom. The van der Waals surface area contributed by atoms with Crippen molar-refractivity contribution in [1.82, 2.24) is 0 Å². The van der Waals surface area contributed by atoms with Gasteiger partial charge in [0.15, 0.2) is 0 Å². The second-order valence-corrected chi connectivity index (χ2v) is 4.71. The Bertz CT molecular complexity index is 348. The van der Waals surface area contributed by atoms with Crippen LogP contribution in [0.2, 0.25) is 0 Å². The second-order valence-electron chi connectivity index (χ2n) is 2.63. The predicted molar refractivity (Wildman–Crippen MR) is 61.5 cm³/mol. The van der Waals surface area contributed by atoms with Gasteiger partial charge in [0.25, 0.3) is 0 Å². The third kappa shape index (κ3) is 3.70. The van der Waals surface area contributed by atoms with E-state index in [9.17, 15) is 0 Å². The number of benzene rings is 1. The van der Waals surface area contributed by atoms with E-state index in [1.165, 1.54) is 0 Å². The maximum absolute atomic E-state index is 8.75. The van der Waals surface area contributed by atoms with Gasteiger partial charge in [-0.1, -0.05) is 15.9 Å². The Balaban J connectivity index is 2.68. The quantitative estimate of drug-likeness (QED) is 0.624. The highest BCUT2D eigenvalue weighted by Gasteiger charge is 1.99. The maximum Gasteiger partial charge on any atom is 0.0992 e. The average Bonchev–Trinajstić information content (AvgIpc) is 2.17. The molecule has 0 saturated heterocycles. The molecule has 1 aromatic rings. The van der Waals surface area contributed by atoms with Crippen molar-refractivity contribution in [3.63, 3.8) is 0 Å². The van der Waals surface area contributed by atoms with Crippen LogP contribution in [-0.4, -0.2) is 19.5 Å². The number of ether oxygens (including phenoxy) is 1. The smallest absolute Gasteiger partial charge is 0.0992 e. The highest BCUT2D eigenvalue weighted by molar-refractivity contribution is 9.10. The number of thioether (sulfide) groups is 1. The van der Waals surface area contributed by atoms with Crippen LogP contribution in [0.1, 0.15) is 5.56 Å². The Labute approximate surface area is 96.4 Å². The van der Waals surface area contributed by atoms with E-state index in [1.54, 1.807) is 24.9 Å². The summed E-state index contributed by atoms with van der Waals surface area (Å²) in [5.41, 5.74) is 0.680. The number of halogens is 1. The molecule has 0 aromatic heterocycles. The van der Waals surface area contributed by atoms with Gasteiger partial charge in [0.1, 0.15) is 0 Å². The molecule has 0 radical (unpaired) electrons. The molecule has 14 heavy (non-hydrogen) atoms. The van der Waals surface area contributed by atoms with Crippen LogP contribution in [-0.2, 0) is 4.74 Å². The van der Waals surface area contributed by atoms with Crippen molar-refractivity contribution < 1.29 is 4.74 Å². The summed E-state index contributed by atoms with van der Waals surface area (Å²) < 4.78 is 5.89. The van der Waals surface area contributed by atoms with Crippen molar-refractivity contribution in [1.29, 1.82) is 5.26 Å². The van der Waals surface area contributed by atoms with Gasteiger partial charge < -0.3 is 4.74 Å². The van der Waals surface area contributed by atoms with Crippen LogP contribution >= 0.6 is 27.7 Å². The first kappa shape index (κ1) is 11.6. The zero-order valence-corrected chi connectivity index (χ0v) is 10.2. The molecule has 0 bridgehead atoms. The van der Waals surface area contributed by atoms with Gasteiger partial charge in [0, 0.05) is 22.2 Å². The third-order valence-corrected chi connectivity index (χ3v) is 2.95. The normalized spacial score (nSPS) is 9.79. The molecule has 2 nitrogen and oxygen atoms in total. The molecule has 1 rings (SSSR count). The van der Waals surface area contributed by atoms with Crippen molar-refractivity contribution in [3.8, 4) is 6.07 Å². The van der Waals surface area contributed by atoms with E-state index in [2.05, 4.69) is 22.0 Å². The molecule has 0 saturated carbocycles. The van der Waals surface area contributed by atoms with Crippen molar-refractivity contribution in [2.75, 3.05) is 19.5 Å². The van der Waals surface area contributed by atoms with Crippen molar-refractivity contribution in [2.24, 2.45) is 0 Å². The van der Waals surface area contributed by atoms with Crippen LogP contribution in [0.4, 0.5) is 0 Å². The zero-order valence-electron chi connectivity index (χ0n) is 7.79. The van der Waals surface area contributed by atoms with Gasteiger partial charge in [-0.3, -0.25) is 0 Å². The monoisotopic (exact) mass is 271 g/mol. The van der Waals surface area contributed by atoms with E-state index in [0.717, 1.165) is 21.7 Å². The fourth-order valence-corrected chi connectivity index (χ4v) is 2.50. The molecule has 4 heteroatoms. The summed E-state index contributed by atoms with van der Waals surface area (Å²) in [6, 6.07) is 7.81. The highest BCUT2D eigenvalue weighted by atomic mass is 79.9. The van der Waals surface area contributed by atoms with Gasteiger partial charge in [0.05, 0.1) is 18.2 Å². The molecule has 0 heterocycles. The molecule has 0 spiro atoms. The van der Waals surface area contributed by atoms with Gasteiger partial charge in [-0.15, -0.1) is 11.8 Å². The summed E-state index contributed by atoms with van der Waals surface area (Å²) in [6.07, 6.45) is 0. The van der Waals surface area contributed by atoms with Gasteiger partial charge in [0.2, 0.25) is 0 Å².